The van der Waals surface area contributed by atoms with E-state index in [4.69, 9.17) is 0 Å². The molecule has 31 heavy (non-hydrogen) atoms. The van der Waals surface area contributed by atoms with Gasteiger partial charge in [-0.05, 0) is 56.3 Å². The zero-order valence-corrected chi connectivity index (χ0v) is 17.5. The van der Waals surface area contributed by atoms with Crippen molar-refractivity contribution in [3.05, 3.63) is 59.8 Å². The lowest BCUT2D eigenvalue weighted by Crippen LogP contribution is -2.32. The number of aliphatic hydroxyl groups is 1. The quantitative estimate of drug-likeness (QED) is 0.501. The molecule has 2 aromatic carbocycles. The van der Waals surface area contributed by atoms with Gasteiger partial charge in [-0.25, -0.2) is 0 Å². The number of nitrogens with zero attached hydrogens (tertiary/aromatic N) is 1. The Kier molecular flexibility index (Phi) is 5.49. The number of carbonyl (C=O) groups excluding carboxylic acids is 1. The van der Waals surface area contributed by atoms with Crippen molar-refractivity contribution >= 4 is 39.8 Å². The summed E-state index contributed by atoms with van der Waals surface area (Å²) in [4.78, 5) is 18.1. The number of likely N-dealkylation sites (tertiary alicyclic amines) is 1. The molecule has 5 rings (SSSR count). The number of amides is 1. The van der Waals surface area contributed by atoms with Gasteiger partial charge in [-0.15, -0.1) is 0 Å². The summed E-state index contributed by atoms with van der Waals surface area (Å²) in [5.74, 6) is 0.0460. The van der Waals surface area contributed by atoms with Crippen LogP contribution in [0.1, 0.15) is 36.8 Å². The summed E-state index contributed by atoms with van der Waals surface area (Å²) in [6.45, 7) is 3.02. The lowest BCUT2D eigenvalue weighted by atomic mass is 10.0. The van der Waals surface area contributed by atoms with E-state index >= 15 is 0 Å². The number of nitrogens with one attached hydrogen (secondary N) is 3. The first-order chi connectivity index (χ1) is 15.2. The molecule has 2 aliphatic heterocycles. The van der Waals surface area contributed by atoms with Crippen molar-refractivity contribution in [1.82, 2.24) is 9.88 Å². The number of benzene rings is 2. The van der Waals surface area contributed by atoms with Gasteiger partial charge in [0.2, 0.25) is 5.91 Å². The lowest BCUT2D eigenvalue weighted by Gasteiger charge is -2.25. The minimum Gasteiger partial charge on any atom is -0.369 e. The van der Waals surface area contributed by atoms with Crippen molar-refractivity contribution in [3.63, 3.8) is 0 Å². The number of aromatic nitrogens is 1. The highest BCUT2D eigenvalue weighted by molar-refractivity contribution is 6.01. The van der Waals surface area contributed by atoms with Gasteiger partial charge in [0.1, 0.15) is 0 Å². The monoisotopic (exact) mass is 416 g/mol. The summed E-state index contributed by atoms with van der Waals surface area (Å²) in [6.07, 6.45) is 7.49. The van der Waals surface area contributed by atoms with Crippen LogP contribution in [-0.4, -0.2) is 46.8 Å². The number of aromatic amines is 1. The fourth-order valence-corrected chi connectivity index (χ4v) is 4.56. The Bertz CT molecular complexity index is 1130. The van der Waals surface area contributed by atoms with E-state index in [1.807, 2.05) is 54.7 Å². The van der Waals surface area contributed by atoms with Crippen molar-refractivity contribution in [1.29, 1.82) is 0 Å². The molecule has 160 valence electrons. The Morgan fingerprint density at radius 3 is 2.87 bits per heavy atom. The van der Waals surface area contributed by atoms with Crippen molar-refractivity contribution in [2.24, 2.45) is 0 Å². The molecule has 0 radical (unpaired) electrons. The Labute approximate surface area is 182 Å². The molecule has 1 aromatic heterocycles. The number of hydrogen-bond donors (Lipinski definition) is 4. The molecule has 1 atom stereocenters. The fourth-order valence-electron chi connectivity index (χ4n) is 4.56. The van der Waals surface area contributed by atoms with Gasteiger partial charge in [0.25, 0.3) is 0 Å². The predicted octanol–water partition coefficient (Wildman–Crippen LogP) is 4.27. The van der Waals surface area contributed by atoms with Gasteiger partial charge in [0, 0.05) is 58.1 Å². The van der Waals surface area contributed by atoms with Gasteiger partial charge in [-0.3, -0.25) is 4.79 Å². The molecular formula is C25H28N4O2. The average Bonchev–Trinajstić information content (AvgIpc) is 3.33. The molecule has 6 heteroatoms. The van der Waals surface area contributed by atoms with Gasteiger partial charge < -0.3 is 25.6 Å². The molecular weight excluding hydrogens is 388 g/mol. The topological polar surface area (TPSA) is 80.4 Å². The summed E-state index contributed by atoms with van der Waals surface area (Å²) in [5, 5.41) is 17.6. The molecule has 6 nitrogen and oxygen atoms in total. The van der Waals surface area contributed by atoms with Crippen LogP contribution in [0, 0.1) is 0 Å². The van der Waals surface area contributed by atoms with Crippen LogP contribution in [0.3, 0.4) is 0 Å². The van der Waals surface area contributed by atoms with E-state index in [0.29, 0.717) is 6.42 Å². The first-order valence-electron chi connectivity index (χ1n) is 11.1. The maximum Gasteiger partial charge on any atom is 0.225 e. The minimum absolute atomic E-state index is 0.0460. The van der Waals surface area contributed by atoms with Gasteiger partial charge >= 0.3 is 0 Å². The summed E-state index contributed by atoms with van der Waals surface area (Å²) in [7, 11) is 0. The lowest BCUT2D eigenvalue weighted by molar-refractivity contribution is -0.116. The number of piperidine rings is 1. The Morgan fingerprint density at radius 1 is 1.16 bits per heavy atom. The van der Waals surface area contributed by atoms with E-state index in [0.717, 1.165) is 58.6 Å². The molecule has 1 amide bonds. The summed E-state index contributed by atoms with van der Waals surface area (Å²) >= 11 is 0. The SMILES string of the molecule is O=C(CCN1CCCCC1)Nc1ccc2[nH]cc(C=C3c4ccccc4NC3O)c2c1. The Balaban J connectivity index is 1.33. The second-order valence-electron chi connectivity index (χ2n) is 8.40. The summed E-state index contributed by atoms with van der Waals surface area (Å²) in [5.41, 5.74) is 5.54. The molecule has 2 aliphatic rings. The van der Waals surface area contributed by atoms with E-state index in [1.54, 1.807) is 0 Å². The van der Waals surface area contributed by atoms with Gasteiger partial charge in [0.15, 0.2) is 6.23 Å². The highest BCUT2D eigenvalue weighted by Crippen LogP contribution is 2.36. The summed E-state index contributed by atoms with van der Waals surface area (Å²) in [6, 6.07) is 13.8. The molecule has 0 spiro atoms. The highest BCUT2D eigenvalue weighted by Gasteiger charge is 2.24. The number of anilines is 2. The third-order valence-corrected chi connectivity index (χ3v) is 6.24. The molecule has 0 saturated carbocycles. The van der Waals surface area contributed by atoms with E-state index in [1.165, 1.54) is 19.3 Å². The number of rotatable bonds is 5. The molecule has 1 fully saturated rings. The third-order valence-electron chi connectivity index (χ3n) is 6.24. The number of H-pyrrole nitrogens is 1. The number of fused-ring (bicyclic) bond motifs is 2. The van der Waals surface area contributed by atoms with Gasteiger partial charge in [-0.2, -0.15) is 0 Å². The number of carbonyl (C=O) groups is 1. The van der Waals surface area contributed by atoms with Crippen LogP contribution in [0.5, 0.6) is 0 Å². The first kappa shape index (κ1) is 19.8. The Hall–Kier alpha value is -3.09. The van der Waals surface area contributed by atoms with Crippen molar-refractivity contribution in [2.75, 3.05) is 30.3 Å². The van der Waals surface area contributed by atoms with Crippen LogP contribution in [0.2, 0.25) is 0 Å². The molecule has 4 N–H and O–H groups in total. The standard InChI is InChI=1S/C25H28N4O2/c30-24(10-13-29-11-4-1-5-12-29)27-18-8-9-22-20(15-18)17(16-26-22)14-21-19-6-2-3-7-23(19)28-25(21)31/h2-3,6-9,14-16,25-26,28,31H,1,4-5,10-13H2,(H,27,30). The van der Waals surface area contributed by atoms with Crippen molar-refractivity contribution in [2.45, 2.75) is 31.9 Å². The van der Waals surface area contributed by atoms with E-state index < -0.39 is 6.23 Å². The predicted molar refractivity (Wildman–Crippen MR) is 126 cm³/mol. The molecule has 1 unspecified atom stereocenters. The van der Waals surface area contributed by atoms with E-state index in [-0.39, 0.29) is 5.91 Å². The number of aliphatic hydroxyl groups excluding tert-OH is 1. The maximum absolute atomic E-state index is 12.5. The minimum atomic E-state index is -0.736. The van der Waals surface area contributed by atoms with E-state index in [2.05, 4.69) is 20.5 Å². The average molecular weight is 417 g/mol. The normalized spacial score (nSPS) is 20.0. The second-order valence-corrected chi connectivity index (χ2v) is 8.40. The van der Waals surface area contributed by atoms with Crippen LogP contribution in [0.15, 0.2) is 48.7 Å². The zero-order chi connectivity index (χ0) is 21.2. The first-order valence-corrected chi connectivity index (χ1v) is 11.1. The highest BCUT2D eigenvalue weighted by atomic mass is 16.3. The summed E-state index contributed by atoms with van der Waals surface area (Å²) < 4.78 is 0. The van der Waals surface area contributed by atoms with Crippen molar-refractivity contribution < 1.29 is 9.90 Å². The largest absolute Gasteiger partial charge is 0.369 e. The molecule has 0 bridgehead atoms. The van der Waals surface area contributed by atoms with Crippen LogP contribution in [0.25, 0.3) is 22.6 Å². The van der Waals surface area contributed by atoms with E-state index in [9.17, 15) is 9.90 Å². The molecule has 0 aliphatic carbocycles. The molecule has 1 saturated heterocycles. The molecule has 3 heterocycles. The number of hydrogen-bond acceptors (Lipinski definition) is 4. The van der Waals surface area contributed by atoms with Gasteiger partial charge in [0.05, 0.1) is 0 Å². The molecule has 3 aromatic rings. The number of para-hydroxylation sites is 1. The van der Waals surface area contributed by atoms with Crippen LogP contribution in [0.4, 0.5) is 11.4 Å². The van der Waals surface area contributed by atoms with Crippen molar-refractivity contribution in [3.8, 4) is 0 Å². The smallest absolute Gasteiger partial charge is 0.225 e. The fraction of sp³-hybridized carbons (Fsp3) is 0.320. The zero-order valence-electron chi connectivity index (χ0n) is 17.5. The van der Waals surface area contributed by atoms with Crippen LogP contribution < -0.4 is 10.6 Å². The van der Waals surface area contributed by atoms with Crippen LogP contribution >= 0.6 is 0 Å². The Morgan fingerprint density at radius 2 is 2.00 bits per heavy atom. The van der Waals surface area contributed by atoms with Crippen LogP contribution in [-0.2, 0) is 4.79 Å². The van der Waals surface area contributed by atoms with Gasteiger partial charge in [-0.1, -0.05) is 24.6 Å². The maximum atomic E-state index is 12.5. The third kappa shape index (κ3) is 4.22. The second kappa shape index (κ2) is 8.57.